The minimum absolute atomic E-state index is 0.000913. The normalized spacial score (nSPS) is 20.4. The Morgan fingerprint density at radius 1 is 1.17 bits per heavy atom. The van der Waals surface area contributed by atoms with Crippen molar-refractivity contribution in [2.75, 3.05) is 33.2 Å². The van der Waals surface area contributed by atoms with E-state index in [9.17, 15) is 9.59 Å². The standard InChI is InChI=1S/C28H45ClN4O3/c1-3-4-15-31-28(35)36-26(22-12-8-14-24(29)18-22)23-13-9-16-33(20-23)27(34)32-25(19-30-2)17-21-10-6-5-7-11-21/h8,12,14,18,21,23,25-26,30H,3-7,9-11,13,15-17,19-20H2,1-2H3,(H,31,35)(H,32,34)/t23-,25+,26+/m1/s1. The Hall–Kier alpha value is -1.99. The van der Waals surface area contributed by atoms with Gasteiger partial charge in [0, 0.05) is 43.2 Å². The fourth-order valence-corrected chi connectivity index (χ4v) is 5.82. The van der Waals surface area contributed by atoms with Crippen molar-refractivity contribution in [3.05, 3.63) is 34.9 Å². The maximum Gasteiger partial charge on any atom is 0.407 e. The van der Waals surface area contributed by atoms with E-state index in [2.05, 4.69) is 22.9 Å². The van der Waals surface area contributed by atoms with Crippen LogP contribution in [0.2, 0.25) is 5.02 Å². The molecule has 2 fully saturated rings. The molecule has 202 valence electrons. The fraction of sp³-hybridized carbons (Fsp3) is 0.714. The van der Waals surface area contributed by atoms with Crippen LogP contribution < -0.4 is 16.0 Å². The molecule has 3 amide bonds. The van der Waals surface area contributed by atoms with Crippen LogP contribution in [-0.2, 0) is 4.74 Å². The van der Waals surface area contributed by atoms with Crippen LogP contribution in [0.15, 0.2) is 24.3 Å². The van der Waals surface area contributed by atoms with Crippen molar-refractivity contribution in [2.24, 2.45) is 11.8 Å². The smallest absolute Gasteiger partial charge is 0.407 e. The lowest BCUT2D eigenvalue weighted by atomic mass is 9.85. The molecule has 1 aromatic carbocycles. The number of halogens is 1. The molecule has 1 saturated heterocycles. The predicted octanol–water partition coefficient (Wildman–Crippen LogP) is 5.89. The van der Waals surface area contributed by atoms with Crippen molar-refractivity contribution >= 4 is 23.7 Å². The molecule has 0 unspecified atom stereocenters. The highest BCUT2D eigenvalue weighted by Crippen LogP contribution is 2.34. The van der Waals surface area contributed by atoms with Crippen molar-refractivity contribution < 1.29 is 14.3 Å². The molecule has 36 heavy (non-hydrogen) atoms. The number of amides is 3. The van der Waals surface area contributed by atoms with Gasteiger partial charge in [-0.3, -0.25) is 0 Å². The van der Waals surface area contributed by atoms with Gasteiger partial charge in [-0.05, 0) is 56.3 Å². The molecule has 1 aromatic rings. The number of ether oxygens (including phenoxy) is 1. The van der Waals surface area contributed by atoms with Crippen LogP contribution in [-0.4, -0.2) is 56.3 Å². The number of urea groups is 1. The SMILES string of the molecule is CCCCNC(=O)O[C@@H](c1cccc(Cl)c1)[C@@H]1CCCN(C(=O)N[C@H](CNC)CC2CCCCC2)C1. The fourth-order valence-electron chi connectivity index (χ4n) is 5.62. The zero-order valence-corrected chi connectivity index (χ0v) is 22.8. The van der Waals surface area contributed by atoms with E-state index >= 15 is 0 Å². The minimum Gasteiger partial charge on any atom is -0.441 e. The summed E-state index contributed by atoms with van der Waals surface area (Å²) in [7, 11) is 1.94. The van der Waals surface area contributed by atoms with E-state index in [0.717, 1.165) is 44.2 Å². The monoisotopic (exact) mass is 520 g/mol. The molecule has 0 spiro atoms. The average molecular weight is 521 g/mol. The Morgan fingerprint density at radius 3 is 2.69 bits per heavy atom. The number of nitrogens with zero attached hydrogens (tertiary/aromatic N) is 1. The largest absolute Gasteiger partial charge is 0.441 e. The molecule has 3 N–H and O–H groups in total. The third-order valence-corrected chi connectivity index (χ3v) is 7.74. The van der Waals surface area contributed by atoms with Gasteiger partial charge in [0.15, 0.2) is 0 Å². The van der Waals surface area contributed by atoms with Crippen molar-refractivity contribution in [1.29, 1.82) is 0 Å². The molecule has 2 aliphatic rings. The first kappa shape index (κ1) is 28.6. The highest BCUT2D eigenvalue weighted by Gasteiger charge is 2.34. The first-order chi connectivity index (χ1) is 17.5. The molecule has 3 rings (SSSR count). The van der Waals surface area contributed by atoms with E-state index in [1.807, 2.05) is 36.2 Å². The van der Waals surface area contributed by atoms with Crippen LogP contribution >= 0.6 is 11.6 Å². The summed E-state index contributed by atoms with van der Waals surface area (Å²) in [6.45, 7) is 4.69. The first-order valence-corrected chi connectivity index (χ1v) is 14.3. The minimum atomic E-state index is -0.462. The molecule has 0 bridgehead atoms. The molecule has 1 aliphatic heterocycles. The molecular formula is C28H45ClN4O3. The number of rotatable bonds is 11. The number of nitrogens with one attached hydrogen (secondary N) is 3. The second kappa shape index (κ2) is 15.3. The van der Waals surface area contributed by atoms with Crippen molar-refractivity contribution in [3.63, 3.8) is 0 Å². The van der Waals surface area contributed by atoms with E-state index in [1.54, 1.807) is 0 Å². The molecule has 1 heterocycles. The van der Waals surface area contributed by atoms with Gasteiger partial charge in [-0.2, -0.15) is 0 Å². The zero-order valence-electron chi connectivity index (χ0n) is 22.1. The van der Waals surface area contributed by atoms with E-state index in [1.165, 1.54) is 32.1 Å². The summed E-state index contributed by atoms with van der Waals surface area (Å²) in [5.41, 5.74) is 0.866. The second-order valence-corrected chi connectivity index (χ2v) is 10.9. The summed E-state index contributed by atoms with van der Waals surface area (Å²) in [5.74, 6) is 0.694. The summed E-state index contributed by atoms with van der Waals surface area (Å²) in [6.07, 6.45) is 10.3. The lowest BCUT2D eigenvalue weighted by Gasteiger charge is -2.37. The summed E-state index contributed by atoms with van der Waals surface area (Å²) < 4.78 is 5.95. The number of alkyl carbamates (subject to hydrolysis) is 1. The van der Waals surface area contributed by atoms with Gasteiger partial charge in [0.05, 0.1) is 0 Å². The molecule has 0 radical (unpaired) electrons. The van der Waals surface area contributed by atoms with Crippen molar-refractivity contribution in [2.45, 2.75) is 83.3 Å². The summed E-state index contributed by atoms with van der Waals surface area (Å²) >= 11 is 6.28. The number of likely N-dealkylation sites (tertiary alicyclic amines) is 1. The zero-order chi connectivity index (χ0) is 25.8. The van der Waals surface area contributed by atoms with Gasteiger partial charge in [-0.25, -0.2) is 9.59 Å². The number of likely N-dealkylation sites (N-methyl/N-ethyl adjacent to an activating group) is 1. The maximum atomic E-state index is 13.3. The third-order valence-electron chi connectivity index (χ3n) is 7.50. The van der Waals surface area contributed by atoms with Gasteiger partial charge in [0.1, 0.15) is 6.10 Å². The second-order valence-electron chi connectivity index (χ2n) is 10.5. The van der Waals surface area contributed by atoms with Crippen LogP contribution in [0.4, 0.5) is 9.59 Å². The van der Waals surface area contributed by atoms with Gasteiger partial charge in [0.25, 0.3) is 0 Å². The molecule has 1 saturated carbocycles. The van der Waals surface area contributed by atoms with Crippen molar-refractivity contribution in [1.82, 2.24) is 20.9 Å². The molecule has 1 aliphatic carbocycles. The van der Waals surface area contributed by atoms with Gasteiger partial charge in [-0.1, -0.05) is 69.2 Å². The number of piperidine rings is 1. The van der Waals surface area contributed by atoms with Gasteiger partial charge in [0.2, 0.25) is 0 Å². The summed E-state index contributed by atoms with van der Waals surface area (Å²) in [4.78, 5) is 27.8. The van der Waals surface area contributed by atoms with Crippen LogP contribution in [0.1, 0.15) is 82.8 Å². The molecule has 3 atom stereocenters. The van der Waals surface area contributed by atoms with Gasteiger partial charge < -0.3 is 25.6 Å². The summed E-state index contributed by atoms with van der Waals surface area (Å²) in [6, 6.07) is 7.60. The molecule has 8 heteroatoms. The highest BCUT2D eigenvalue weighted by atomic mass is 35.5. The predicted molar refractivity (Wildman–Crippen MR) is 145 cm³/mol. The van der Waals surface area contributed by atoms with Crippen molar-refractivity contribution in [3.8, 4) is 0 Å². The third kappa shape index (κ3) is 9.15. The maximum absolute atomic E-state index is 13.3. The lowest BCUT2D eigenvalue weighted by Crippen LogP contribution is -2.52. The van der Waals surface area contributed by atoms with E-state index in [-0.39, 0.29) is 18.0 Å². The van der Waals surface area contributed by atoms with Crippen LogP contribution in [0.25, 0.3) is 0 Å². The van der Waals surface area contributed by atoms with E-state index in [4.69, 9.17) is 16.3 Å². The highest BCUT2D eigenvalue weighted by molar-refractivity contribution is 6.30. The number of carbonyl (C=O) groups excluding carboxylic acids is 2. The number of hydrogen-bond donors (Lipinski definition) is 3. The van der Waals surface area contributed by atoms with Crippen LogP contribution in [0.5, 0.6) is 0 Å². The van der Waals surface area contributed by atoms with Gasteiger partial charge >= 0.3 is 12.1 Å². The Morgan fingerprint density at radius 2 is 1.97 bits per heavy atom. The average Bonchev–Trinajstić information content (AvgIpc) is 2.88. The molecule has 0 aromatic heterocycles. The summed E-state index contributed by atoms with van der Waals surface area (Å²) in [5, 5.41) is 10.0. The van der Waals surface area contributed by atoms with E-state index in [0.29, 0.717) is 30.6 Å². The Kier molecular flexibility index (Phi) is 12.2. The van der Waals surface area contributed by atoms with Gasteiger partial charge in [-0.15, -0.1) is 0 Å². The topological polar surface area (TPSA) is 82.7 Å². The number of hydrogen-bond acceptors (Lipinski definition) is 4. The van der Waals surface area contributed by atoms with E-state index < -0.39 is 12.2 Å². The number of unbranched alkanes of at least 4 members (excludes halogenated alkanes) is 1. The quantitative estimate of drug-likeness (QED) is 0.318. The first-order valence-electron chi connectivity index (χ1n) is 13.9. The Balaban J connectivity index is 1.65. The van der Waals surface area contributed by atoms with Crippen LogP contribution in [0.3, 0.4) is 0 Å². The van der Waals surface area contributed by atoms with Crippen LogP contribution in [0, 0.1) is 11.8 Å². The number of benzene rings is 1. The Labute approximate surface area is 222 Å². The Bertz CT molecular complexity index is 818. The molecule has 7 nitrogen and oxygen atoms in total. The molecular weight excluding hydrogens is 476 g/mol. The number of carbonyl (C=O) groups is 2. The lowest BCUT2D eigenvalue weighted by molar-refractivity contribution is 0.0342.